The van der Waals surface area contributed by atoms with E-state index in [0.717, 1.165) is 5.56 Å². The molecule has 10 heteroatoms. The molecule has 9 nitrogen and oxygen atoms in total. The molecular formula is C25H33N3O6S. The topological polar surface area (TPSA) is 122 Å². The van der Waals surface area contributed by atoms with Crippen LogP contribution in [0.5, 0.6) is 0 Å². The highest BCUT2D eigenvalue weighted by atomic mass is 32.2. The predicted octanol–water partition coefficient (Wildman–Crippen LogP) is 2.45. The van der Waals surface area contributed by atoms with Crippen LogP contribution in [0.2, 0.25) is 0 Å². The van der Waals surface area contributed by atoms with Gasteiger partial charge < -0.3 is 10.1 Å². The summed E-state index contributed by atoms with van der Waals surface area (Å²) in [6, 6.07) is 8.73. The highest BCUT2D eigenvalue weighted by molar-refractivity contribution is 7.91. The van der Waals surface area contributed by atoms with E-state index in [1.54, 1.807) is 20.8 Å². The molecular weight excluding hydrogens is 470 g/mol. The Morgan fingerprint density at radius 1 is 1.17 bits per heavy atom. The van der Waals surface area contributed by atoms with E-state index in [4.69, 9.17) is 4.74 Å². The molecule has 4 atom stereocenters. The minimum absolute atomic E-state index is 0.0890. The molecule has 35 heavy (non-hydrogen) atoms. The zero-order chi connectivity index (χ0) is 25.6. The molecule has 2 N–H and O–H groups in total. The first kappa shape index (κ1) is 25.2. The van der Waals surface area contributed by atoms with Crippen LogP contribution in [0, 0.1) is 5.92 Å². The summed E-state index contributed by atoms with van der Waals surface area (Å²) in [4.78, 5) is 40.9. The SMILES string of the molecule is C=C[C@@H]1C[C@@]1(NC(=O)[C@@H]1C[C@@H](c2ccccc2)CN1C(=O)OC(C)(C)C)C(=O)NS(=O)(=O)C1CC1. The normalized spacial score (nSPS) is 28.2. The van der Waals surface area contributed by atoms with E-state index in [0.29, 0.717) is 19.3 Å². The zero-order valence-corrected chi connectivity index (χ0v) is 21.1. The van der Waals surface area contributed by atoms with E-state index < -0.39 is 56.3 Å². The van der Waals surface area contributed by atoms with Gasteiger partial charge >= 0.3 is 6.09 Å². The summed E-state index contributed by atoms with van der Waals surface area (Å²) >= 11 is 0. The highest BCUT2D eigenvalue weighted by Crippen LogP contribution is 2.46. The Hall–Kier alpha value is -2.88. The summed E-state index contributed by atoms with van der Waals surface area (Å²) < 4.78 is 32.4. The molecule has 0 bridgehead atoms. The third kappa shape index (κ3) is 5.37. The van der Waals surface area contributed by atoms with Crippen molar-refractivity contribution in [3.05, 3.63) is 48.6 Å². The van der Waals surface area contributed by atoms with Crippen molar-refractivity contribution in [2.24, 2.45) is 5.92 Å². The van der Waals surface area contributed by atoms with Crippen LogP contribution in [0.3, 0.4) is 0 Å². The van der Waals surface area contributed by atoms with E-state index in [1.807, 2.05) is 30.3 Å². The zero-order valence-electron chi connectivity index (χ0n) is 20.3. The van der Waals surface area contributed by atoms with Crippen LogP contribution >= 0.6 is 0 Å². The van der Waals surface area contributed by atoms with Gasteiger partial charge in [0.15, 0.2) is 0 Å². The Bertz CT molecular complexity index is 1130. The summed E-state index contributed by atoms with van der Waals surface area (Å²) in [5.41, 5.74) is -1.15. The van der Waals surface area contributed by atoms with Gasteiger partial charge in [-0.3, -0.25) is 19.2 Å². The van der Waals surface area contributed by atoms with Crippen molar-refractivity contribution in [2.45, 2.75) is 74.8 Å². The number of benzene rings is 1. The molecule has 3 fully saturated rings. The molecule has 2 saturated carbocycles. The van der Waals surface area contributed by atoms with Gasteiger partial charge in [-0.1, -0.05) is 36.4 Å². The number of rotatable bonds is 7. The first-order chi connectivity index (χ1) is 16.4. The number of carbonyl (C=O) groups excluding carboxylic acids is 3. The number of sulfonamides is 1. The van der Waals surface area contributed by atoms with Gasteiger partial charge in [0.1, 0.15) is 17.2 Å². The Morgan fingerprint density at radius 3 is 2.37 bits per heavy atom. The molecule has 1 heterocycles. The van der Waals surface area contributed by atoms with Crippen LogP contribution in [0.25, 0.3) is 0 Å². The van der Waals surface area contributed by atoms with E-state index in [2.05, 4.69) is 16.6 Å². The van der Waals surface area contributed by atoms with Crippen LogP contribution in [-0.4, -0.2) is 60.2 Å². The van der Waals surface area contributed by atoms with Gasteiger partial charge in [0.2, 0.25) is 15.9 Å². The lowest BCUT2D eigenvalue weighted by atomic mass is 9.96. The average Bonchev–Trinajstić information content (AvgIpc) is 3.69. The van der Waals surface area contributed by atoms with Crippen LogP contribution in [-0.2, 0) is 24.3 Å². The molecule has 1 saturated heterocycles. The summed E-state index contributed by atoms with van der Waals surface area (Å²) in [6.45, 7) is 9.27. The Labute approximate surface area is 206 Å². The summed E-state index contributed by atoms with van der Waals surface area (Å²) in [5.74, 6) is -1.77. The number of carbonyl (C=O) groups is 3. The molecule has 0 unspecified atom stereocenters. The third-order valence-electron chi connectivity index (χ3n) is 6.75. The van der Waals surface area contributed by atoms with Crippen molar-refractivity contribution < 1.29 is 27.5 Å². The second-order valence-electron chi connectivity index (χ2n) is 10.7. The lowest BCUT2D eigenvalue weighted by Crippen LogP contribution is -2.56. The molecule has 1 aromatic carbocycles. The van der Waals surface area contributed by atoms with Crippen molar-refractivity contribution in [3.8, 4) is 0 Å². The van der Waals surface area contributed by atoms with Crippen molar-refractivity contribution >= 4 is 27.9 Å². The second-order valence-corrected chi connectivity index (χ2v) is 12.6. The van der Waals surface area contributed by atoms with Crippen molar-refractivity contribution in [1.82, 2.24) is 14.9 Å². The van der Waals surface area contributed by atoms with Crippen LogP contribution in [0.15, 0.2) is 43.0 Å². The average molecular weight is 504 g/mol. The van der Waals surface area contributed by atoms with Crippen molar-refractivity contribution in [3.63, 3.8) is 0 Å². The first-order valence-electron chi connectivity index (χ1n) is 11.9. The highest BCUT2D eigenvalue weighted by Gasteiger charge is 2.62. The molecule has 3 aliphatic rings. The number of ether oxygens (including phenoxy) is 1. The van der Waals surface area contributed by atoms with Crippen LogP contribution in [0.4, 0.5) is 4.79 Å². The minimum Gasteiger partial charge on any atom is -0.444 e. The summed E-state index contributed by atoms with van der Waals surface area (Å²) in [6.07, 6.45) is 2.56. The number of amides is 3. The second kappa shape index (κ2) is 8.96. The Morgan fingerprint density at radius 2 is 1.83 bits per heavy atom. The maximum Gasteiger partial charge on any atom is 0.410 e. The van der Waals surface area contributed by atoms with Gasteiger partial charge in [0.25, 0.3) is 5.91 Å². The van der Waals surface area contributed by atoms with Crippen LogP contribution in [0.1, 0.15) is 57.9 Å². The van der Waals surface area contributed by atoms with E-state index in [-0.39, 0.29) is 18.9 Å². The molecule has 4 rings (SSSR count). The number of nitrogens with one attached hydrogen (secondary N) is 2. The molecule has 1 aliphatic heterocycles. The number of hydrogen-bond donors (Lipinski definition) is 2. The fraction of sp³-hybridized carbons (Fsp3) is 0.560. The lowest BCUT2D eigenvalue weighted by molar-refractivity contribution is -0.131. The smallest absolute Gasteiger partial charge is 0.410 e. The number of hydrogen-bond acceptors (Lipinski definition) is 6. The van der Waals surface area contributed by atoms with E-state index >= 15 is 0 Å². The monoisotopic (exact) mass is 503 g/mol. The third-order valence-corrected chi connectivity index (χ3v) is 8.57. The summed E-state index contributed by atoms with van der Waals surface area (Å²) in [7, 11) is -3.77. The van der Waals surface area contributed by atoms with Gasteiger partial charge in [0, 0.05) is 18.4 Å². The standard InChI is InChI=1S/C25H33N3O6S/c1-5-18-14-25(18,22(30)27-35(32,33)19-11-12-19)26-21(29)20-13-17(16-9-7-6-8-10-16)15-28(20)23(31)34-24(2,3)4/h5-10,17-20H,1,11-15H2,2-4H3,(H,26,29)(H,27,30)/t17-,18-,20+,25+/m1/s1. The fourth-order valence-corrected chi connectivity index (χ4v) is 5.96. The van der Waals surface area contributed by atoms with Gasteiger partial charge in [-0.05, 0) is 52.0 Å². The number of likely N-dealkylation sites (tertiary alicyclic amines) is 1. The quantitative estimate of drug-likeness (QED) is 0.551. The van der Waals surface area contributed by atoms with E-state index in [1.165, 1.54) is 11.0 Å². The van der Waals surface area contributed by atoms with Gasteiger partial charge in [-0.15, -0.1) is 6.58 Å². The molecule has 0 aromatic heterocycles. The number of nitrogens with zero attached hydrogens (tertiary/aromatic N) is 1. The molecule has 0 radical (unpaired) electrons. The molecule has 2 aliphatic carbocycles. The minimum atomic E-state index is -3.77. The first-order valence-corrected chi connectivity index (χ1v) is 13.5. The van der Waals surface area contributed by atoms with Gasteiger partial charge in [-0.2, -0.15) is 0 Å². The van der Waals surface area contributed by atoms with E-state index in [9.17, 15) is 22.8 Å². The van der Waals surface area contributed by atoms with Crippen molar-refractivity contribution in [2.75, 3.05) is 6.54 Å². The molecule has 0 spiro atoms. The Kier molecular flexibility index (Phi) is 6.46. The Balaban J connectivity index is 1.55. The van der Waals surface area contributed by atoms with Gasteiger partial charge in [-0.25, -0.2) is 13.2 Å². The predicted molar refractivity (Wildman–Crippen MR) is 130 cm³/mol. The van der Waals surface area contributed by atoms with Crippen LogP contribution < -0.4 is 10.0 Å². The summed E-state index contributed by atoms with van der Waals surface area (Å²) in [5, 5.41) is 2.21. The fourth-order valence-electron chi connectivity index (χ4n) is 4.59. The maximum absolute atomic E-state index is 13.5. The molecule has 3 amide bonds. The van der Waals surface area contributed by atoms with Crippen molar-refractivity contribution in [1.29, 1.82) is 0 Å². The lowest BCUT2D eigenvalue weighted by Gasteiger charge is -2.29. The van der Waals surface area contributed by atoms with Gasteiger partial charge in [0.05, 0.1) is 5.25 Å². The maximum atomic E-state index is 13.5. The molecule has 190 valence electrons. The molecule has 1 aromatic rings. The largest absolute Gasteiger partial charge is 0.444 e.